The SMILES string of the molecule is COc1ccc(-c2cnn([C@H](C)C(=O)Nc3c(C)cccc3C)c(=O)n2)cc1. The molecule has 3 aromatic rings. The fraction of sp³-hybridized carbons (Fsp3) is 0.238. The van der Waals surface area contributed by atoms with Crippen molar-refractivity contribution >= 4 is 11.6 Å². The lowest BCUT2D eigenvalue weighted by atomic mass is 10.1. The number of para-hydroxylation sites is 1. The van der Waals surface area contributed by atoms with E-state index in [1.165, 1.54) is 6.20 Å². The van der Waals surface area contributed by atoms with Crippen LogP contribution in [0.1, 0.15) is 24.1 Å². The highest BCUT2D eigenvalue weighted by molar-refractivity contribution is 5.94. The van der Waals surface area contributed by atoms with Crippen LogP contribution in [-0.4, -0.2) is 27.8 Å². The maximum absolute atomic E-state index is 12.6. The first-order valence-corrected chi connectivity index (χ1v) is 8.88. The lowest BCUT2D eigenvalue weighted by Crippen LogP contribution is -2.35. The van der Waals surface area contributed by atoms with E-state index in [-0.39, 0.29) is 5.91 Å². The lowest BCUT2D eigenvalue weighted by molar-refractivity contribution is -0.119. The van der Waals surface area contributed by atoms with Gasteiger partial charge in [0.05, 0.1) is 19.0 Å². The zero-order valence-electron chi connectivity index (χ0n) is 16.3. The lowest BCUT2D eigenvalue weighted by Gasteiger charge is -2.16. The van der Waals surface area contributed by atoms with Crippen LogP contribution in [0.5, 0.6) is 5.75 Å². The van der Waals surface area contributed by atoms with Crippen LogP contribution in [0.15, 0.2) is 53.5 Å². The normalized spacial score (nSPS) is 11.7. The van der Waals surface area contributed by atoms with E-state index in [2.05, 4.69) is 15.4 Å². The molecule has 2 aromatic carbocycles. The number of anilines is 1. The number of amides is 1. The van der Waals surface area contributed by atoms with Gasteiger partial charge in [-0.25, -0.2) is 9.48 Å². The average Bonchev–Trinajstić information content (AvgIpc) is 2.70. The topological polar surface area (TPSA) is 86.1 Å². The molecule has 0 aliphatic rings. The van der Waals surface area contributed by atoms with Gasteiger partial charge in [-0.1, -0.05) is 18.2 Å². The summed E-state index contributed by atoms with van der Waals surface area (Å²) in [6, 6.07) is 12.1. The van der Waals surface area contributed by atoms with Gasteiger partial charge in [0.1, 0.15) is 11.8 Å². The Hall–Kier alpha value is -3.48. The predicted octanol–water partition coefficient (Wildman–Crippen LogP) is 3.13. The van der Waals surface area contributed by atoms with Crippen LogP contribution in [0, 0.1) is 13.8 Å². The number of rotatable bonds is 5. The molecule has 28 heavy (non-hydrogen) atoms. The molecule has 0 fully saturated rings. The summed E-state index contributed by atoms with van der Waals surface area (Å²) in [6.45, 7) is 5.46. The van der Waals surface area contributed by atoms with Crippen LogP contribution in [0.25, 0.3) is 11.3 Å². The Kier molecular flexibility index (Phi) is 5.54. The molecule has 0 aliphatic heterocycles. The van der Waals surface area contributed by atoms with Gasteiger partial charge in [-0.05, 0) is 56.2 Å². The van der Waals surface area contributed by atoms with Gasteiger partial charge in [-0.15, -0.1) is 0 Å². The highest BCUT2D eigenvalue weighted by Gasteiger charge is 2.20. The Morgan fingerprint density at radius 3 is 2.32 bits per heavy atom. The van der Waals surface area contributed by atoms with Gasteiger partial charge in [-0.3, -0.25) is 4.79 Å². The van der Waals surface area contributed by atoms with Crippen LogP contribution in [0.4, 0.5) is 5.69 Å². The first-order valence-electron chi connectivity index (χ1n) is 8.88. The van der Waals surface area contributed by atoms with E-state index < -0.39 is 11.7 Å². The van der Waals surface area contributed by atoms with Crippen LogP contribution in [0.3, 0.4) is 0 Å². The standard InChI is InChI=1S/C21H22N4O3/c1-13-6-5-7-14(2)19(13)24-20(26)15(3)25-21(27)23-18(12-22-25)16-8-10-17(28-4)11-9-16/h5-12,15H,1-4H3,(H,24,26)/t15-/m1/s1. The van der Waals surface area contributed by atoms with Gasteiger partial charge in [0.2, 0.25) is 5.91 Å². The molecule has 0 aliphatic carbocycles. The van der Waals surface area contributed by atoms with Crippen molar-refractivity contribution in [2.24, 2.45) is 0 Å². The minimum Gasteiger partial charge on any atom is -0.497 e. The van der Waals surface area contributed by atoms with Crippen LogP contribution < -0.4 is 15.7 Å². The van der Waals surface area contributed by atoms with Crippen molar-refractivity contribution in [3.8, 4) is 17.0 Å². The molecule has 7 heteroatoms. The van der Waals surface area contributed by atoms with E-state index in [4.69, 9.17) is 4.74 Å². The van der Waals surface area contributed by atoms with Gasteiger partial charge >= 0.3 is 5.69 Å². The number of hydrogen-bond donors (Lipinski definition) is 1. The Morgan fingerprint density at radius 2 is 1.75 bits per heavy atom. The maximum atomic E-state index is 12.6. The maximum Gasteiger partial charge on any atom is 0.365 e. The van der Waals surface area contributed by atoms with Crippen molar-refractivity contribution in [2.45, 2.75) is 26.8 Å². The van der Waals surface area contributed by atoms with Crippen LogP contribution in [0.2, 0.25) is 0 Å². The molecule has 1 heterocycles. The summed E-state index contributed by atoms with van der Waals surface area (Å²) in [7, 11) is 1.58. The minimum absolute atomic E-state index is 0.328. The molecule has 1 aromatic heterocycles. The number of carbonyl (C=O) groups is 1. The van der Waals surface area contributed by atoms with Crippen molar-refractivity contribution in [3.05, 3.63) is 70.3 Å². The molecule has 0 bridgehead atoms. The third-order valence-corrected chi connectivity index (χ3v) is 4.58. The molecule has 0 radical (unpaired) electrons. The van der Waals surface area contributed by atoms with Gasteiger partial charge in [0.15, 0.2) is 0 Å². The molecule has 1 amide bonds. The molecule has 1 N–H and O–H groups in total. The largest absolute Gasteiger partial charge is 0.497 e. The van der Waals surface area contributed by atoms with E-state index in [0.29, 0.717) is 11.4 Å². The Labute approximate surface area is 163 Å². The molecule has 0 spiro atoms. The second kappa shape index (κ2) is 8.04. The smallest absolute Gasteiger partial charge is 0.365 e. The van der Waals surface area contributed by atoms with Crippen molar-refractivity contribution in [1.82, 2.24) is 14.8 Å². The summed E-state index contributed by atoms with van der Waals surface area (Å²) in [4.78, 5) is 29.2. The highest BCUT2D eigenvalue weighted by Crippen LogP contribution is 2.21. The summed E-state index contributed by atoms with van der Waals surface area (Å²) in [5.41, 5.74) is 3.24. The van der Waals surface area contributed by atoms with Gasteiger partial charge in [0.25, 0.3) is 0 Å². The van der Waals surface area contributed by atoms with Gasteiger partial charge in [-0.2, -0.15) is 10.1 Å². The van der Waals surface area contributed by atoms with Crippen molar-refractivity contribution in [3.63, 3.8) is 0 Å². The highest BCUT2D eigenvalue weighted by atomic mass is 16.5. The number of hydrogen-bond acceptors (Lipinski definition) is 5. The number of ether oxygens (including phenoxy) is 1. The molecule has 1 atom stereocenters. The third kappa shape index (κ3) is 3.93. The zero-order valence-corrected chi connectivity index (χ0v) is 16.3. The number of methoxy groups -OCH3 is 1. The van der Waals surface area contributed by atoms with Crippen LogP contribution >= 0.6 is 0 Å². The quantitative estimate of drug-likeness (QED) is 0.737. The fourth-order valence-electron chi connectivity index (χ4n) is 2.87. The number of nitrogens with one attached hydrogen (secondary N) is 1. The molecule has 0 saturated heterocycles. The Morgan fingerprint density at radius 1 is 1.11 bits per heavy atom. The summed E-state index contributed by atoms with van der Waals surface area (Å²) < 4.78 is 6.20. The van der Waals surface area contributed by atoms with E-state index in [1.807, 2.05) is 32.0 Å². The molecule has 7 nitrogen and oxygen atoms in total. The van der Waals surface area contributed by atoms with Crippen molar-refractivity contribution in [1.29, 1.82) is 0 Å². The summed E-state index contributed by atoms with van der Waals surface area (Å²) in [5.74, 6) is 0.382. The molecule has 3 rings (SSSR count). The summed E-state index contributed by atoms with van der Waals surface area (Å²) in [5, 5.41) is 7.04. The number of aromatic nitrogens is 3. The Balaban J connectivity index is 1.83. The molecular formula is C21H22N4O3. The van der Waals surface area contributed by atoms with Gasteiger partial charge < -0.3 is 10.1 Å². The average molecular weight is 378 g/mol. The molecule has 0 saturated carbocycles. The molecule has 0 unspecified atom stereocenters. The summed E-state index contributed by atoms with van der Waals surface area (Å²) >= 11 is 0. The monoisotopic (exact) mass is 378 g/mol. The molecule has 144 valence electrons. The first kappa shape index (κ1) is 19.3. The second-order valence-electron chi connectivity index (χ2n) is 6.53. The number of nitrogens with zero attached hydrogens (tertiary/aromatic N) is 3. The van der Waals surface area contributed by atoms with E-state index in [1.54, 1.807) is 38.3 Å². The number of aryl methyl sites for hydroxylation is 2. The van der Waals surface area contributed by atoms with Crippen LogP contribution in [-0.2, 0) is 4.79 Å². The van der Waals surface area contributed by atoms with E-state index in [0.717, 1.165) is 27.1 Å². The Bertz CT molecular complexity index is 1040. The number of carbonyl (C=O) groups excluding carboxylic acids is 1. The summed E-state index contributed by atoms with van der Waals surface area (Å²) in [6.07, 6.45) is 1.48. The third-order valence-electron chi connectivity index (χ3n) is 4.58. The predicted molar refractivity (Wildman–Crippen MR) is 108 cm³/mol. The molecular weight excluding hydrogens is 356 g/mol. The van der Waals surface area contributed by atoms with Crippen molar-refractivity contribution < 1.29 is 9.53 Å². The van der Waals surface area contributed by atoms with Gasteiger partial charge in [0, 0.05) is 11.3 Å². The van der Waals surface area contributed by atoms with Crippen molar-refractivity contribution in [2.75, 3.05) is 12.4 Å². The zero-order chi connectivity index (χ0) is 20.3. The van der Waals surface area contributed by atoms with E-state index in [9.17, 15) is 9.59 Å². The fourth-order valence-corrected chi connectivity index (χ4v) is 2.87. The second-order valence-corrected chi connectivity index (χ2v) is 6.53. The first-order chi connectivity index (χ1) is 13.4. The van der Waals surface area contributed by atoms with E-state index >= 15 is 0 Å². The minimum atomic E-state index is -0.802. The number of benzene rings is 2.